The second-order valence-electron chi connectivity index (χ2n) is 9.66. The first-order valence-electron chi connectivity index (χ1n) is 13.0. The number of rotatable bonds is 11. The van der Waals surface area contributed by atoms with Crippen LogP contribution in [0.5, 0.6) is 0 Å². The molecule has 1 aromatic carbocycles. The van der Waals surface area contributed by atoms with E-state index < -0.39 is 35.1 Å². The average Bonchev–Trinajstić information content (AvgIpc) is 2.88. The number of amides is 1. The number of benzene rings is 1. The van der Waals surface area contributed by atoms with Gasteiger partial charge >= 0.3 is 0 Å². The minimum atomic E-state index is -2.83. The van der Waals surface area contributed by atoms with E-state index in [9.17, 15) is 26.6 Å². The molecule has 0 spiro atoms. The fourth-order valence-corrected chi connectivity index (χ4v) is 5.44. The number of alkyl halides is 3. The van der Waals surface area contributed by atoms with E-state index in [4.69, 9.17) is 0 Å². The smallest absolute Gasteiger partial charge is 0.265 e. The summed E-state index contributed by atoms with van der Waals surface area (Å²) in [6.45, 7) is 7.34. The van der Waals surface area contributed by atoms with Gasteiger partial charge in [-0.1, -0.05) is 17.7 Å². The van der Waals surface area contributed by atoms with Gasteiger partial charge in [0.05, 0.1) is 0 Å². The third-order valence-electron chi connectivity index (χ3n) is 6.78. The lowest BCUT2D eigenvalue weighted by Crippen LogP contribution is -2.53. The van der Waals surface area contributed by atoms with Gasteiger partial charge < -0.3 is 15.1 Å². The van der Waals surface area contributed by atoms with Gasteiger partial charge in [-0.05, 0) is 57.0 Å². The van der Waals surface area contributed by atoms with Gasteiger partial charge in [0.1, 0.15) is 17.8 Å². The molecule has 0 bridgehead atoms. The molecule has 1 unspecified atom stereocenters. The number of allylic oxidation sites excluding steroid dienone is 3. The molecule has 3 rings (SSSR count). The first-order valence-corrected chi connectivity index (χ1v) is 14.1. The van der Waals surface area contributed by atoms with Crippen LogP contribution in [-0.2, 0) is 16.0 Å². The second kappa shape index (κ2) is 14.1. The number of hydrogen-bond acceptors (Lipinski definition) is 4. The van der Waals surface area contributed by atoms with Crippen LogP contribution in [0.3, 0.4) is 0 Å². The van der Waals surface area contributed by atoms with E-state index >= 15 is 0 Å². The third kappa shape index (κ3) is 8.39. The van der Waals surface area contributed by atoms with Crippen molar-refractivity contribution in [3.63, 3.8) is 0 Å². The molecule has 216 valence electrons. The van der Waals surface area contributed by atoms with Crippen molar-refractivity contribution in [1.29, 1.82) is 0 Å². The van der Waals surface area contributed by atoms with Crippen LogP contribution in [-0.4, -0.2) is 76.2 Å². The molecule has 0 radical (unpaired) electrons. The molecule has 12 heteroatoms. The van der Waals surface area contributed by atoms with Crippen molar-refractivity contribution in [3.8, 4) is 0 Å². The van der Waals surface area contributed by atoms with Crippen LogP contribution in [0.1, 0.15) is 45.6 Å². The number of nitrogens with one attached hydrogen (secondary N) is 2. The Labute approximate surface area is 230 Å². The van der Waals surface area contributed by atoms with Crippen molar-refractivity contribution >= 4 is 22.8 Å². The summed E-state index contributed by atoms with van der Waals surface area (Å²) in [5.41, 5.74) is 1.51. The Morgan fingerprint density at radius 3 is 2.56 bits per heavy atom. The van der Waals surface area contributed by atoms with Crippen molar-refractivity contribution < 1.29 is 26.6 Å². The molecule has 1 amide bonds. The zero-order valence-corrected chi connectivity index (χ0v) is 23.5. The van der Waals surface area contributed by atoms with Gasteiger partial charge in [-0.2, -0.15) is 0 Å². The van der Waals surface area contributed by atoms with Crippen molar-refractivity contribution in [2.45, 2.75) is 52.3 Å². The molecule has 7 nitrogen and oxygen atoms in total. The van der Waals surface area contributed by atoms with Crippen molar-refractivity contribution in [2.24, 2.45) is 0 Å². The van der Waals surface area contributed by atoms with Gasteiger partial charge in [-0.3, -0.25) is 4.79 Å². The number of likely N-dealkylation sites (N-methyl/N-ethyl adjacent to an activating group) is 1. The molecular formula is C27H37F4N5O2S. The molecule has 2 aliphatic rings. The highest BCUT2D eigenvalue weighted by Gasteiger charge is 2.30. The van der Waals surface area contributed by atoms with Gasteiger partial charge in [-0.15, -0.1) is 0 Å². The second-order valence-corrected chi connectivity index (χ2v) is 11.0. The van der Waals surface area contributed by atoms with Crippen molar-refractivity contribution in [2.75, 3.05) is 45.1 Å². The molecule has 2 heterocycles. The minimum absolute atomic E-state index is 0.0962. The third-order valence-corrected chi connectivity index (χ3v) is 8.00. The largest absolute Gasteiger partial charge is 0.378 e. The van der Waals surface area contributed by atoms with E-state index in [1.807, 2.05) is 43.9 Å². The number of nitrogens with zero attached hydrogens (tertiary/aromatic N) is 3. The maximum Gasteiger partial charge on any atom is 0.265 e. The van der Waals surface area contributed by atoms with Crippen LogP contribution in [0.2, 0.25) is 0 Å². The first kappa shape index (κ1) is 30.8. The summed E-state index contributed by atoms with van der Waals surface area (Å²) in [5, 5.41) is 3.10. The Bertz CT molecular complexity index is 1140. The van der Waals surface area contributed by atoms with Gasteiger partial charge in [0.2, 0.25) is 5.91 Å². The zero-order chi connectivity index (χ0) is 28.7. The lowest BCUT2D eigenvalue weighted by atomic mass is 9.99. The molecule has 2 N–H and O–H groups in total. The Balaban J connectivity index is 1.79. The van der Waals surface area contributed by atoms with Crippen LogP contribution in [0, 0.1) is 5.82 Å². The van der Waals surface area contributed by atoms with E-state index in [0.29, 0.717) is 31.9 Å². The number of carbonyl (C=O) groups excluding carboxylic acids is 1. The Kier molecular flexibility index (Phi) is 11.1. The quantitative estimate of drug-likeness (QED) is 0.379. The van der Waals surface area contributed by atoms with Gasteiger partial charge in [0, 0.05) is 63.5 Å². The van der Waals surface area contributed by atoms with Crippen molar-refractivity contribution in [3.05, 3.63) is 64.8 Å². The Morgan fingerprint density at radius 1 is 1.21 bits per heavy atom. The lowest BCUT2D eigenvalue weighted by molar-refractivity contribution is -0.128. The molecular weight excluding hydrogens is 534 g/mol. The van der Waals surface area contributed by atoms with E-state index in [1.165, 1.54) is 10.4 Å². The van der Waals surface area contributed by atoms with Gasteiger partial charge in [-0.25, -0.2) is 30.8 Å². The molecule has 2 aliphatic heterocycles. The number of anilines is 1. The Morgan fingerprint density at radius 2 is 1.92 bits per heavy atom. The average molecular weight is 572 g/mol. The predicted molar refractivity (Wildman–Crippen MR) is 146 cm³/mol. The summed E-state index contributed by atoms with van der Waals surface area (Å²) in [5.74, 6) is -0.153. The fourth-order valence-electron chi connectivity index (χ4n) is 4.40. The lowest BCUT2D eigenvalue weighted by Gasteiger charge is -2.34. The van der Waals surface area contributed by atoms with Crippen molar-refractivity contribution in [1.82, 2.24) is 18.8 Å². The van der Waals surface area contributed by atoms with Crippen LogP contribution in [0.4, 0.5) is 23.2 Å². The highest BCUT2D eigenvalue weighted by atomic mass is 32.2. The summed E-state index contributed by atoms with van der Waals surface area (Å²) in [4.78, 5) is 16.5. The Hall–Kier alpha value is -2.70. The monoisotopic (exact) mass is 571 g/mol. The van der Waals surface area contributed by atoms with Gasteiger partial charge in [0.15, 0.2) is 11.2 Å². The van der Waals surface area contributed by atoms with Crippen LogP contribution < -0.4 is 10.0 Å². The van der Waals surface area contributed by atoms with Crippen LogP contribution in [0.15, 0.2) is 53.4 Å². The molecule has 0 aromatic heterocycles. The van der Waals surface area contributed by atoms with Crippen LogP contribution >= 0.6 is 0 Å². The summed E-state index contributed by atoms with van der Waals surface area (Å²) in [7, 11) is 1.70. The zero-order valence-electron chi connectivity index (χ0n) is 22.7. The number of carbonyl (C=O) groups is 1. The highest BCUT2D eigenvalue weighted by Crippen LogP contribution is 2.30. The standard InChI is InChI=1S/C27H37F4N5O2S/c1-5-35(13-12-32-39(38)36-16-22(29)17-36)25-10-7-20(14-18(2)6-11-26(37)34(25)4)19(3)33-24-9-8-21(28)15-23(24)27(30)31/h6,8-10,14-15,19,22,27,32-33H,5,7,11-13,16-17H2,1-4H3/b18-6-,20-14+,25-10+/t19-,39?/m1/s1. The minimum Gasteiger partial charge on any atom is -0.378 e. The predicted octanol–water partition coefficient (Wildman–Crippen LogP) is 4.67. The summed E-state index contributed by atoms with van der Waals surface area (Å²) in [6, 6.07) is 2.92. The summed E-state index contributed by atoms with van der Waals surface area (Å²) in [6.07, 6.45) is 2.49. The topological polar surface area (TPSA) is 67.9 Å². The molecule has 1 saturated heterocycles. The summed E-state index contributed by atoms with van der Waals surface area (Å²) < 4.78 is 70.5. The molecule has 0 saturated carbocycles. The molecule has 0 aliphatic carbocycles. The van der Waals surface area contributed by atoms with Crippen LogP contribution in [0.25, 0.3) is 0 Å². The molecule has 2 atom stereocenters. The molecule has 39 heavy (non-hydrogen) atoms. The van der Waals surface area contributed by atoms with Gasteiger partial charge in [0.25, 0.3) is 6.43 Å². The van der Waals surface area contributed by atoms with E-state index in [1.54, 1.807) is 11.9 Å². The van der Waals surface area contributed by atoms with E-state index in [2.05, 4.69) is 10.0 Å². The molecule has 1 fully saturated rings. The number of hydrogen-bond donors (Lipinski definition) is 2. The van der Waals surface area contributed by atoms with E-state index in [0.717, 1.165) is 23.3 Å². The molecule has 1 aromatic rings. The maximum atomic E-state index is 13.6. The summed E-state index contributed by atoms with van der Waals surface area (Å²) >= 11 is -1.48. The maximum absolute atomic E-state index is 13.6. The van der Waals surface area contributed by atoms with E-state index in [-0.39, 0.29) is 37.1 Å². The number of halogens is 4. The SMILES string of the molecule is CCN(CCNS(=O)N1CC(F)C1)/C1=C/C/C([C@@H](C)Nc2ccc(F)cc2C(F)F)=C\C(C)=C/CC(=O)N1C. The first-order chi connectivity index (χ1) is 18.5. The fraction of sp³-hybridized carbons (Fsp3) is 0.519. The highest BCUT2D eigenvalue weighted by molar-refractivity contribution is 7.80. The normalized spacial score (nSPS) is 23.2.